The predicted octanol–water partition coefficient (Wildman–Crippen LogP) is 4.31. The van der Waals surface area contributed by atoms with Crippen LogP contribution in [0.3, 0.4) is 0 Å². The number of piperazine rings is 1. The number of halogens is 1. The Morgan fingerprint density at radius 3 is 2.47 bits per heavy atom. The lowest BCUT2D eigenvalue weighted by Gasteiger charge is -2.36. The monoisotopic (exact) mass is 429 g/mol. The van der Waals surface area contributed by atoms with Crippen molar-refractivity contribution in [2.24, 2.45) is 0 Å². The molecule has 30 heavy (non-hydrogen) atoms. The summed E-state index contributed by atoms with van der Waals surface area (Å²) in [6.45, 7) is 5.60. The quantitative estimate of drug-likeness (QED) is 0.609. The van der Waals surface area contributed by atoms with E-state index in [2.05, 4.69) is 26.4 Å². The Balaban J connectivity index is 1.28. The number of ether oxygens (including phenoxy) is 2. The molecule has 0 aliphatic carbocycles. The molecular weight excluding hydrogens is 401 g/mol. The van der Waals surface area contributed by atoms with Gasteiger partial charge in [0, 0.05) is 37.6 Å². The molecule has 160 valence electrons. The van der Waals surface area contributed by atoms with Crippen LogP contribution in [0.1, 0.15) is 12.0 Å². The van der Waals surface area contributed by atoms with Gasteiger partial charge in [0.05, 0.1) is 31.7 Å². The van der Waals surface area contributed by atoms with Crippen LogP contribution in [0, 0.1) is 5.82 Å². The van der Waals surface area contributed by atoms with Crippen molar-refractivity contribution in [3.8, 4) is 5.75 Å². The summed E-state index contributed by atoms with van der Waals surface area (Å²) in [7, 11) is 3.39. The van der Waals surface area contributed by atoms with Gasteiger partial charge in [-0.05, 0) is 49.2 Å². The van der Waals surface area contributed by atoms with Gasteiger partial charge in [-0.15, -0.1) is 0 Å². The van der Waals surface area contributed by atoms with Crippen molar-refractivity contribution in [3.63, 3.8) is 0 Å². The van der Waals surface area contributed by atoms with Gasteiger partial charge in [0.25, 0.3) is 0 Å². The third kappa shape index (κ3) is 4.52. The van der Waals surface area contributed by atoms with Gasteiger partial charge in [-0.1, -0.05) is 18.2 Å². The van der Waals surface area contributed by atoms with E-state index in [0.717, 1.165) is 67.7 Å². The van der Waals surface area contributed by atoms with Crippen LogP contribution < -0.4 is 9.64 Å². The lowest BCUT2D eigenvalue weighted by Crippen LogP contribution is -2.47. The van der Waals surface area contributed by atoms with Gasteiger partial charge >= 0.3 is 0 Å². The van der Waals surface area contributed by atoms with Crippen LogP contribution in [0.15, 0.2) is 53.6 Å². The minimum atomic E-state index is -0.134. The van der Waals surface area contributed by atoms with Crippen LogP contribution >= 0.6 is 11.9 Å². The fourth-order valence-corrected chi connectivity index (χ4v) is 5.04. The van der Waals surface area contributed by atoms with E-state index >= 15 is 0 Å². The Labute approximate surface area is 182 Å². The molecule has 1 saturated heterocycles. The zero-order valence-corrected chi connectivity index (χ0v) is 18.3. The fourth-order valence-electron chi connectivity index (χ4n) is 3.98. The Morgan fingerprint density at radius 1 is 0.933 bits per heavy atom. The van der Waals surface area contributed by atoms with Crippen LogP contribution in [0.4, 0.5) is 10.1 Å². The predicted molar refractivity (Wildman–Crippen MR) is 120 cm³/mol. The molecular formula is C23H28FN3O2S. The SMILES string of the molecule is COC1=CN(CCCN2CCN(c3ccccc3F)CC2)Sc2cccc(OC)c21. The number of rotatable bonds is 7. The van der Waals surface area contributed by atoms with Gasteiger partial charge in [0.15, 0.2) is 0 Å². The third-order valence-corrected chi connectivity index (χ3v) is 6.63. The van der Waals surface area contributed by atoms with E-state index in [1.807, 2.05) is 24.3 Å². The molecule has 0 spiro atoms. The summed E-state index contributed by atoms with van der Waals surface area (Å²) >= 11 is 1.72. The average Bonchev–Trinajstić information content (AvgIpc) is 2.79. The molecule has 1 fully saturated rings. The van der Waals surface area contributed by atoms with Crippen molar-refractivity contribution < 1.29 is 13.9 Å². The van der Waals surface area contributed by atoms with Crippen LogP contribution in [-0.2, 0) is 4.74 Å². The second-order valence-corrected chi connectivity index (χ2v) is 8.49. The van der Waals surface area contributed by atoms with Gasteiger partial charge in [-0.25, -0.2) is 4.39 Å². The Bertz CT molecular complexity index is 900. The second-order valence-electron chi connectivity index (χ2n) is 7.40. The van der Waals surface area contributed by atoms with Gasteiger partial charge in [0.1, 0.15) is 17.3 Å². The molecule has 0 atom stereocenters. The fraction of sp³-hybridized carbons (Fsp3) is 0.391. The van der Waals surface area contributed by atoms with E-state index in [9.17, 15) is 4.39 Å². The van der Waals surface area contributed by atoms with Crippen molar-refractivity contribution in [1.82, 2.24) is 9.21 Å². The van der Waals surface area contributed by atoms with Crippen molar-refractivity contribution in [1.29, 1.82) is 0 Å². The minimum absolute atomic E-state index is 0.134. The highest BCUT2D eigenvalue weighted by Gasteiger charge is 2.23. The largest absolute Gasteiger partial charge is 0.496 e. The van der Waals surface area contributed by atoms with Crippen LogP contribution in [-0.4, -0.2) is 62.7 Å². The maximum Gasteiger partial charge on any atom is 0.147 e. The van der Waals surface area contributed by atoms with E-state index in [1.165, 1.54) is 6.07 Å². The Kier molecular flexibility index (Phi) is 6.69. The number of para-hydroxylation sites is 1. The lowest BCUT2D eigenvalue weighted by atomic mass is 10.1. The summed E-state index contributed by atoms with van der Waals surface area (Å²) in [5, 5.41) is 0. The molecule has 2 aromatic carbocycles. The molecule has 2 aliphatic heterocycles. The molecule has 4 rings (SSSR count). The summed E-state index contributed by atoms with van der Waals surface area (Å²) in [6, 6.07) is 13.1. The summed E-state index contributed by atoms with van der Waals surface area (Å²) < 4.78 is 27.4. The first-order valence-electron chi connectivity index (χ1n) is 10.3. The molecule has 0 aromatic heterocycles. The smallest absolute Gasteiger partial charge is 0.147 e. The highest BCUT2D eigenvalue weighted by Crippen LogP contribution is 2.41. The molecule has 0 unspecified atom stereocenters. The minimum Gasteiger partial charge on any atom is -0.496 e. The summed E-state index contributed by atoms with van der Waals surface area (Å²) in [5.74, 6) is 1.53. The highest BCUT2D eigenvalue weighted by atomic mass is 32.2. The standard InChI is InChI=1S/C23H28FN3O2S/c1-28-20-9-5-10-22-23(20)21(29-2)17-27(30-22)12-6-11-25-13-15-26(16-14-25)19-8-4-3-7-18(19)24/h3-5,7-10,17H,6,11-16H2,1-2H3. The van der Waals surface area contributed by atoms with E-state index in [4.69, 9.17) is 9.47 Å². The van der Waals surface area contributed by atoms with Gasteiger partial charge in [-0.3, -0.25) is 4.90 Å². The molecule has 0 bridgehead atoms. The van der Waals surface area contributed by atoms with Crippen LogP contribution in [0.25, 0.3) is 5.76 Å². The number of nitrogens with zero attached hydrogens (tertiary/aromatic N) is 3. The summed E-state index contributed by atoms with van der Waals surface area (Å²) in [5.41, 5.74) is 1.74. The lowest BCUT2D eigenvalue weighted by molar-refractivity contribution is 0.250. The third-order valence-electron chi connectivity index (χ3n) is 5.57. The number of methoxy groups -OCH3 is 2. The first-order chi connectivity index (χ1) is 14.7. The van der Waals surface area contributed by atoms with Crippen molar-refractivity contribution in [2.45, 2.75) is 11.3 Å². The van der Waals surface area contributed by atoms with Crippen LogP contribution in [0.2, 0.25) is 0 Å². The number of fused-ring (bicyclic) bond motifs is 1. The molecule has 0 saturated carbocycles. The van der Waals surface area contributed by atoms with E-state index < -0.39 is 0 Å². The molecule has 0 amide bonds. The average molecular weight is 430 g/mol. The maximum atomic E-state index is 14.0. The topological polar surface area (TPSA) is 28.2 Å². The molecule has 5 nitrogen and oxygen atoms in total. The molecule has 2 heterocycles. The zero-order valence-electron chi connectivity index (χ0n) is 17.5. The first-order valence-corrected chi connectivity index (χ1v) is 11.1. The molecule has 2 aromatic rings. The molecule has 0 N–H and O–H groups in total. The van der Waals surface area contributed by atoms with E-state index in [0.29, 0.717) is 5.69 Å². The highest BCUT2D eigenvalue weighted by molar-refractivity contribution is 7.97. The first kappa shape index (κ1) is 20.9. The molecule has 2 aliphatic rings. The van der Waals surface area contributed by atoms with E-state index in [1.54, 1.807) is 32.2 Å². The van der Waals surface area contributed by atoms with Gasteiger partial charge < -0.3 is 18.7 Å². The van der Waals surface area contributed by atoms with E-state index in [-0.39, 0.29) is 5.82 Å². The Hall–Kier alpha value is -2.38. The number of hydrogen-bond donors (Lipinski definition) is 0. The number of anilines is 1. The van der Waals surface area contributed by atoms with Crippen LogP contribution in [0.5, 0.6) is 5.75 Å². The summed E-state index contributed by atoms with van der Waals surface area (Å²) in [4.78, 5) is 5.75. The second kappa shape index (κ2) is 9.62. The Morgan fingerprint density at radius 2 is 1.73 bits per heavy atom. The van der Waals surface area contributed by atoms with Crippen molar-refractivity contribution in [2.75, 3.05) is 58.4 Å². The number of benzene rings is 2. The molecule has 7 heteroatoms. The normalized spacial score (nSPS) is 16.8. The summed E-state index contributed by atoms with van der Waals surface area (Å²) in [6.07, 6.45) is 3.12. The molecule has 0 radical (unpaired) electrons. The maximum absolute atomic E-state index is 14.0. The van der Waals surface area contributed by atoms with Crippen molar-refractivity contribution in [3.05, 3.63) is 60.0 Å². The van der Waals surface area contributed by atoms with Crippen molar-refractivity contribution >= 4 is 23.4 Å². The van der Waals surface area contributed by atoms with Gasteiger partial charge in [-0.2, -0.15) is 0 Å². The van der Waals surface area contributed by atoms with Gasteiger partial charge in [0.2, 0.25) is 0 Å². The zero-order chi connectivity index (χ0) is 20.9. The number of hydrogen-bond acceptors (Lipinski definition) is 6.